The zero-order chi connectivity index (χ0) is 19.5. The molecule has 0 saturated carbocycles. The van der Waals surface area contributed by atoms with Gasteiger partial charge in [-0.3, -0.25) is 9.69 Å². The van der Waals surface area contributed by atoms with Gasteiger partial charge in [-0.05, 0) is 65.9 Å². The Morgan fingerprint density at radius 2 is 1.86 bits per heavy atom. The van der Waals surface area contributed by atoms with Gasteiger partial charge in [0.2, 0.25) is 0 Å². The minimum absolute atomic E-state index is 0.00411. The Bertz CT molecular complexity index is 944. The minimum Gasteiger partial charge on any atom is -0.350 e. The van der Waals surface area contributed by atoms with Gasteiger partial charge in [-0.15, -0.1) is 0 Å². The van der Waals surface area contributed by atoms with Gasteiger partial charge < -0.3 is 5.32 Å². The van der Waals surface area contributed by atoms with Crippen molar-refractivity contribution in [2.24, 2.45) is 0 Å². The summed E-state index contributed by atoms with van der Waals surface area (Å²) in [6.45, 7) is 6.62. The summed E-state index contributed by atoms with van der Waals surface area (Å²) < 4.78 is 0. The first-order chi connectivity index (χ1) is 13.6. The summed E-state index contributed by atoms with van der Waals surface area (Å²) in [5.74, 6) is 0.00411. The number of carbonyl (C=O) groups is 1. The van der Waals surface area contributed by atoms with Gasteiger partial charge in [0.15, 0.2) is 0 Å². The largest absolute Gasteiger partial charge is 0.350 e. The standard InChI is InChI=1S/C24H26N2OS/c1-17-11-18(2)13-22(12-17)24(27)25-14-23(21-8-10-28-16-21)26-9-7-19-5-3-4-6-20(19)15-26/h3-6,8,10-13,16,23H,7,9,14-15H2,1-2H3,(H,25,27). The van der Waals surface area contributed by atoms with Crippen molar-refractivity contribution in [3.05, 3.63) is 92.7 Å². The quantitative estimate of drug-likeness (QED) is 0.672. The fourth-order valence-electron chi connectivity index (χ4n) is 4.10. The molecule has 0 fully saturated rings. The molecule has 1 N–H and O–H groups in total. The molecule has 3 nitrogen and oxygen atoms in total. The van der Waals surface area contributed by atoms with Crippen molar-refractivity contribution in [1.82, 2.24) is 10.2 Å². The van der Waals surface area contributed by atoms with Crippen molar-refractivity contribution in [3.8, 4) is 0 Å². The van der Waals surface area contributed by atoms with Gasteiger partial charge in [0.25, 0.3) is 5.91 Å². The third-order valence-corrected chi connectivity index (χ3v) is 6.17. The van der Waals surface area contributed by atoms with Crippen LogP contribution in [0.25, 0.3) is 0 Å². The highest BCUT2D eigenvalue weighted by molar-refractivity contribution is 7.07. The lowest BCUT2D eigenvalue weighted by atomic mass is 9.97. The van der Waals surface area contributed by atoms with Crippen LogP contribution in [0.3, 0.4) is 0 Å². The Kier molecular flexibility index (Phi) is 5.60. The number of hydrogen-bond donors (Lipinski definition) is 1. The van der Waals surface area contributed by atoms with Crippen LogP contribution in [-0.4, -0.2) is 23.9 Å². The van der Waals surface area contributed by atoms with Gasteiger partial charge >= 0.3 is 0 Å². The molecule has 1 aliphatic rings. The predicted octanol–water partition coefficient (Wildman–Crippen LogP) is 4.89. The molecule has 144 valence electrons. The molecule has 3 aromatic rings. The van der Waals surface area contributed by atoms with Crippen molar-refractivity contribution < 1.29 is 4.79 Å². The van der Waals surface area contributed by atoms with Crippen LogP contribution < -0.4 is 5.32 Å². The topological polar surface area (TPSA) is 32.3 Å². The Hall–Kier alpha value is -2.43. The third kappa shape index (κ3) is 4.18. The van der Waals surface area contributed by atoms with Crippen LogP contribution in [0.1, 0.15) is 44.2 Å². The maximum absolute atomic E-state index is 12.8. The number of aryl methyl sites for hydroxylation is 2. The smallest absolute Gasteiger partial charge is 0.251 e. The second kappa shape index (κ2) is 8.29. The van der Waals surface area contributed by atoms with E-state index in [4.69, 9.17) is 0 Å². The van der Waals surface area contributed by atoms with E-state index in [0.29, 0.717) is 6.54 Å². The highest BCUT2D eigenvalue weighted by Crippen LogP contribution is 2.28. The second-order valence-electron chi connectivity index (χ2n) is 7.65. The Balaban J connectivity index is 1.51. The summed E-state index contributed by atoms with van der Waals surface area (Å²) in [6, 6.07) is 17.1. The van der Waals surface area contributed by atoms with E-state index >= 15 is 0 Å². The lowest BCUT2D eigenvalue weighted by molar-refractivity contribution is 0.0927. The van der Waals surface area contributed by atoms with Crippen LogP contribution in [0.4, 0.5) is 0 Å². The lowest BCUT2D eigenvalue weighted by Gasteiger charge is -2.35. The molecule has 0 bridgehead atoms. The molecule has 1 atom stereocenters. The molecule has 4 heteroatoms. The fraction of sp³-hybridized carbons (Fsp3) is 0.292. The van der Waals surface area contributed by atoms with Crippen molar-refractivity contribution in [3.63, 3.8) is 0 Å². The zero-order valence-corrected chi connectivity index (χ0v) is 17.3. The average molecular weight is 391 g/mol. The number of fused-ring (bicyclic) bond motifs is 1. The maximum atomic E-state index is 12.8. The van der Waals surface area contributed by atoms with Crippen LogP contribution in [-0.2, 0) is 13.0 Å². The molecule has 1 amide bonds. The van der Waals surface area contributed by atoms with Crippen LogP contribution >= 0.6 is 11.3 Å². The Morgan fingerprint density at radius 1 is 1.11 bits per heavy atom. The number of rotatable bonds is 5. The van der Waals surface area contributed by atoms with Gasteiger partial charge in [0.05, 0.1) is 6.04 Å². The SMILES string of the molecule is Cc1cc(C)cc(C(=O)NCC(c2ccsc2)N2CCc3ccccc3C2)c1. The fourth-order valence-corrected chi connectivity index (χ4v) is 4.81. The second-order valence-corrected chi connectivity index (χ2v) is 8.43. The van der Waals surface area contributed by atoms with Crippen LogP contribution in [0, 0.1) is 13.8 Å². The molecule has 4 rings (SSSR count). The lowest BCUT2D eigenvalue weighted by Crippen LogP contribution is -2.40. The molecule has 1 aromatic heterocycles. The molecule has 2 aromatic carbocycles. The van der Waals surface area contributed by atoms with Gasteiger partial charge in [-0.2, -0.15) is 11.3 Å². The highest BCUT2D eigenvalue weighted by atomic mass is 32.1. The molecule has 1 unspecified atom stereocenters. The first kappa shape index (κ1) is 18.9. The molecule has 0 aliphatic carbocycles. The van der Waals surface area contributed by atoms with E-state index in [1.807, 2.05) is 26.0 Å². The minimum atomic E-state index is 0.00411. The van der Waals surface area contributed by atoms with Crippen molar-refractivity contribution in [1.29, 1.82) is 0 Å². The van der Waals surface area contributed by atoms with Gasteiger partial charge in [0, 0.05) is 25.2 Å². The number of amides is 1. The van der Waals surface area contributed by atoms with E-state index < -0.39 is 0 Å². The predicted molar refractivity (Wildman–Crippen MR) is 116 cm³/mol. The molecular formula is C24H26N2OS. The molecule has 0 radical (unpaired) electrons. The number of benzene rings is 2. The summed E-state index contributed by atoms with van der Waals surface area (Å²) in [5, 5.41) is 7.51. The molecule has 0 saturated heterocycles. The number of hydrogen-bond acceptors (Lipinski definition) is 3. The molecular weight excluding hydrogens is 364 g/mol. The van der Waals surface area contributed by atoms with Crippen LogP contribution in [0.15, 0.2) is 59.3 Å². The van der Waals surface area contributed by atoms with E-state index in [0.717, 1.165) is 36.2 Å². The first-order valence-corrected chi connectivity index (χ1v) is 10.7. The van der Waals surface area contributed by atoms with E-state index in [9.17, 15) is 4.79 Å². The Morgan fingerprint density at radius 3 is 2.57 bits per heavy atom. The number of carbonyl (C=O) groups excluding carboxylic acids is 1. The van der Waals surface area contributed by atoms with Crippen molar-refractivity contribution >= 4 is 17.2 Å². The average Bonchev–Trinajstić information content (AvgIpc) is 3.21. The van der Waals surface area contributed by atoms with E-state index in [1.54, 1.807) is 11.3 Å². The maximum Gasteiger partial charge on any atom is 0.251 e. The van der Waals surface area contributed by atoms with Crippen LogP contribution in [0.5, 0.6) is 0 Å². The first-order valence-electron chi connectivity index (χ1n) is 9.79. The molecule has 0 spiro atoms. The van der Waals surface area contributed by atoms with E-state index in [2.05, 4.69) is 57.4 Å². The molecule has 1 aliphatic heterocycles. The van der Waals surface area contributed by atoms with Gasteiger partial charge in [-0.25, -0.2) is 0 Å². The third-order valence-electron chi connectivity index (χ3n) is 5.47. The van der Waals surface area contributed by atoms with E-state index in [-0.39, 0.29) is 11.9 Å². The number of nitrogens with zero attached hydrogens (tertiary/aromatic N) is 1. The summed E-state index contributed by atoms with van der Waals surface area (Å²) in [6.07, 6.45) is 1.06. The van der Waals surface area contributed by atoms with Gasteiger partial charge in [0.1, 0.15) is 0 Å². The van der Waals surface area contributed by atoms with E-state index in [1.165, 1.54) is 16.7 Å². The summed E-state index contributed by atoms with van der Waals surface area (Å²) in [7, 11) is 0. The summed E-state index contributed by atoms with van der Waals surface area (Å²) in [4.78, 5) is 15.3. The number of thiophene rings is 1. The Labute approximate surface area is 171 Å². The zero-order valence-electron chi connectivity index (χ0n) is 16.4. The normalized spacial score (nSPS) is 15.1. The van der Waals surface area contributed by atoms with Crippen LogP contribution in [0.2, 0.25) is 0 Å². The van der Waals surface area contributed by atoms with Crippen molar-refractivity contribution in [2.75, 3.05) is 13.1 Å². The molecule has 28 heavy (non-hydrogen) atoms. The highest BCUT2D eigenvalue weighted by Gasteiger charge is 2.25. The van der Waals surface area contributed by atoms with Gasteiger partial charge in [-0.1, -0.05) is 41.5 Å². The number of nitrogens with one attached hydrogen (secondary N) is 1. The molecule has 2 heterocycles. The summed E-state index contributed by atoms with van der Waals surface area (Å²) >= 11 is 1.71. The summed E-state index contributed by atoms with van der Waals surface area (Å²) in [5.41, 5.74) is 7.10. The monoisotopic (exact) mass is 390 g/mol. The van der Waals surface area contributed by atoms with Crippen molar-refractivity contribution in [2.45, 2.75) is 32.9 Å².